The Morgan fingerprint density at radius 1 is 1.75 bits per heavy atom. The van der Waals surface area contributed by atoms with Crippen LogP contribution < -0.4 is 5.73 Å². The van der Waals surface area contributed by atoms with Crippen molar-refractivity contribution in [3.63, 3.8) is 0 Å². The Morgan fingerprint density at radius 2 is 2.42 bits per heavy atom. The van der Waals surface area contributed by atoms with E-state index in [4.69, 9.17) is 10.8 Å². The van der Waals surface area contributed by atoms with Gasteiger partial charge in [-0.3, -0.25) is 9.78 Å². The van der Waals surface area contributed by atoms with E-state index in [1.165, 1.54) is 6.20 Å². The molecule has 4 heteroatoms. The second-order valence-electron chi connectivity index (χ2n) is 2.55. The van der Waals surface area contributed by atoms with Crippen molar-refractivity contribution in [1.82, 2.24) is 4.98 Å². The van der Waals surface area contributed by atoms with Crippen LogP contribution in [0.3, 0.4) is 0 Å². The van der Waals surface area contributed by atoms with Gasteiger partial charge in [0.15, 0.2) is 0 Å². The van der Waals surface area contributed by atoms with E-state index in [0.717, 1.165) is 5.56 Å². The Balaban J connectivity index is 3.02. The molecular formula is C8H10N2O2. The molecule has 1 rings (SSSR count). The van der Waals surface area contributed by atoms with Gasteiger partial charge in [-0.1, -0.05) is 0 Å². The van der Waals surface area contributed by atoms with Crippen molar-refractivity contribution in [2.75, 3.05) is 0 Å². The molecule has 3 N–H and O–H groups in total. The highest BCUT2D eigenvalue weighted by Crippen LogP contribution is 2.13. The number of hydrogen-bond donors (Lipinski definition) is 2. The quantitative estimate of drug-likeness (QED) is 0.669. The van der Waals surface area contributed by atoms with Gasteiger partial charge in [0, 0.05) is 12.4 Å². The third-order valence-electron chi connectivity index (χ3n) is 1.66. The molecule has 0 spiro atoms. The number of rotatable bonds is 2. The Labute approximate surface area is 70.0 Å². The minimum Gasteiger partial charge on any atom is -0.480 e. The highest BCUT2D eigenvalue weighted by Gasteiger charge is 2.15. The van der Waals surface area contributed by atoms with Gasteiger partial charge in [0.25, 0.3) is 0 Å². The summed E-state index contributed by atoms with van der Waals surface area (Å²) in [5.41, 5.74) is 6.82. The first-order chi connectivity index (χ1) is 5.63. The number of carbonyl (C=O) groups is 1. The van der Waals surface area contributed by atoms with E-state index in [1.807, 2.05) is 0 Å². The average Bonchev–Trinajstić information content (AvgIpc) is 2.04. The summed E-state index contributed by atoms with van der Waals surface area (Å²) < 4.78 is 0. The SMILES string of the molecule is Cc1cnccc1[C@H](N)C(=O)O. The highest BCUT2D eigenvalue weighted by atomic mass is 16.4. The van der Waals surface area contributed by atoms with Gasteiger partial charge in [-0.15, -0.1) is 0 Å². The van der Waals surface area contributed by atoms with Crippen LogP contribution in [0.5, 0.6) is 0 Å². The van der Waals surface area contributed by atoms with Gasteiger partial charge < -0.3 is 10.8 Å². The summed E-state index contributed by atoms with van der Waals surface area (Å²) >= 11 is 0. The number of hydrogen-bond acceptors (Lipinski definition) is 3. The molecule has 0 bridgehead atoms. The summed E-state index contributed by atoms with van der Waals surface area (Å²) in [6.45, 7) is 1.78. The van der Waals surface area contributed by atoms with Gasteiger partial charge >= 0.3 is 5.97 Å². The van der Waals surface area contributed by atoms with E-state index in [2.05, 4.69) is 4.98 Å². The summed E-state index contributed by atoms with van der Waals surface area (Å²) in [6.07, 6.45) is 3.13. The number of nitrogens with zero attached hydrogens (tertiary/aromatic N) is 1. The van der Waals surface area contributed by atoms with E-state index in [9.17, 15) is 4.79 Å². The number of aliphatic carboxylic acids is 1. The van der Waals surface area contributed by atoms with Crippen LogP contribution in [0.2, 0.25) is 0 Å². The third kappa shape index (κ3) is 1.60. The molecule has 0 unspecified atom stereocenters. The third-order valence-corrected chi connectivity index (χ3v) is 1.66. The van der Waals surface area contributed by atoms with Crippen LogP contribution in [0.1, 0.15) is 17.2 Å². The number of aromatic nitrogens is 1. The number of nitrogens with two attached hydrogens (primary N) is 1. The predicted octanol–water partition coefficient (Wildman–Crippen LogP) is 0.474. The van der Waals surface area contributed by atoms with Crippen LogP contribution >= 0.6 is 0 Å². The molecule has 0 radical (unpaired) electrons. The van der Waals surface area contributed by atoms with Gasteiger partial charge in [-0.25, -0.2) is 0 Å². The maximum Gasteiger partial charge on any atom is 0.325 e. The first kappa shape index (κ1) is 8.67. The van der Waals surface area contributed by atoms with Crippen molar-refractivity contribution < 1.29 is 9.90 Å². The lowest BCUT2D eigenvalue weighted by Crippen LogP contribution is -2.21. The average molecular weight is 166 g/mol. The second-order valence-corrected chi connectivity index (χ2v) is 2.55. The summed E-state index contributed by atoms with van der Waals surface area (Å²) in [6, 6.07) is 0.668. The van der Waals surface area contributed by atoms with Gasteiger partial charge in [0.2, 0.25) is 0 Å². The fraction of sp³-hybridized carbons (Fsp3) is 0.250. The first-order valence-electron chi connectivity index (χ1n) is 3.52. The zero-order valence-electron chi connectivity index (χ0n) is 6.69. The van der Waals surface area contributed by atoms with E-state index in [-0.39, 0.29) is 0 Å². The van der Waals surface area contributed by atoms with Gasteiger partial charge in [-0.2, -0.15) is 0 Å². The molecule has 1 aromatic heterocycles. The number of pyridine rings is 1. The molecule has 0 aliphatic carbocycles. The summed E-state index contributed by atoms with van der Waals surface area (Å²) in [7, 11) is 0. The zero-order valence-corrected chi connectivity index (χ0v) is 6.69. The zero-order chi connectivity index (χ0) is 9.14. The van der Waals surface area contributed by atoms with E-state index >= 15 is 0 Å². The lowest BCUT2D eigenvalue weighted by molar-refractivity contribution is -0.138. The molecule has 0 saturated heterocycles. The molecule has 12 heavy (non-hydrogen) atoms. The Morgan fingerprint density at radius 3 is 2.92 bits per heavy atom. The van der Waals surface area contributed by atoms with Gasteiger partial charge in [0.05, 0.1) is 0 Å². The van der Waals surface area contributed by atoms with Crippen molar-refractivity contribution >= 4 is 5.97 Å². The maximum atomic E-state index is 10.5. The smallest absolute Gasteiger partial charge is 0.325 e. The molecule has 0 aliphatic heterocycles. The Hall–Kier alpha value is -1.42. The minimum atomic E-state index is -1.02. The molecule has 0 saturated carbocycles. The van der Waals surface area contributed by atoms with Crippen molar-refractivity contribution in [3.05, 3.63) is 29.6 Å². The summed E-state index contributed by atoms with van der Waals surface area (Å²) in [5.74, 6) is -1.02. The number of carboxylic acids is 1. The van der Waals surface area contributed by atoms with Crippen LogP contribution in [0.4, 0.5) is 0 Å². The van der Waals surface area contributed by atoms with Crippen LogP contribution in [0.25, 0.3) is 0 Å². The summed E-state index contributed by atoms with van der Waals surface area (Å²) in [5, 5.41) is 8.61. The molecule has 1 atom stereocenters. The number of aryl methyl sites for hydroxylation is 1. The molecule has 0 amide bonds. The Kier molecular flexibility index (Phi) is 2.40. The molecule has 64 valence electrons. The lowest BCUT2D eigenvalue weighted by Gasteiger charge is -2.08. The lowest BCUT2D eigenvalue weighted by atomic mass is 10.1. The van der Waals surface area contributed by atoms with Crippen molar-refractivity contribution in [2.45, 2.75) is 13.0 Å². The molecule has 1 aromatic rings. The van der Waals surface area contributed by atoms with Crippen molar-refractivity contribution in [2.24, 2.45) is 5.73 Å². The van der Waals surface area contributed by atoms with Crippen LogP contribution in [0.15, 0.2) is 18.5 Å². The molecular weight excluding hydrogens is 156 g/mol. The monoisotopic (exact) mass is 166 g/mol. The largest absolute Gasteiger partial charge is 0.480 e. The van der Waals surface area contributed by atoms with Crippen molar-refractivity contribution in [3.8, 4) is 0 Å². The number of carboxylic acid groups (broad SMARTS) is 1. The van der Waals surface area contributed by atoms with Crippen LogP contribution in [-0.4, -0.2) is 16.1 Å². The normalized spacial score (nSPS) is 12.5. The summed E-state index contributed by atoms with van der Waals surface area (Å²) in [4.78, 5) is 14.3. The molecule has 0 aliphatic rings. The van der Waals surface area contributed by atoms with E-state index in [0.29, 0.717) is 5.56 Å². The Bertz CT molecular complexity index is 299. The minimum absolute atomic E-state index is 0.609. The van der Waals surface area contributed by atoms with Crippen LogP contribution in [-0.2, 0) is 4.79 Å². The molecule has 1 heterocycles. The second kappa shape index (κ2) is 3.32. The fourth-order valence-corrected chi connectivity index (χ4v) is 0.966. The van der Waals surface area contributed by atoms with E-state index < -0.39 is 12.0 Å². The maximum absolute atomic E-state index is 10.5. The molecule has 4 nitrogen and oxygen atoms in total. The van der Waals surface area contributed by atoms with Crippen LogP contribution in [0, 0.1) is 6.92 Å². The first-order valence-corrected chi connectivity index (χ1v) is 3.52. The molecule has 0 fully saturated rings. The van der Waals surface area contributed by atoms with Crippen molar-refractivity contribution in [1.29, 1.82) is 0 Å². The molecule has 0 aromatic carbocycles. The predicted molar refractivity (Wildman–Crippen MR) is 43.5 cm³/mol. The van der Waals surface area contributed by atoms with E-state index in [1.54, 1.807) is 19.2 Å². The van der Waals surface area contributed by atoms with Gasteiger partial charge in [-0.05, 0) is 24.1 Å². The van der Waals surface area contributed by atoms with Gasteiger partial charge in [0.1, 0.15) is 6.04 Å². The standard InChI is InChI=1S/C8H10N2O2/c1-5-4-10-3-2-6(5)7(9)8(11)12/h2-4,7H,9H2,1H3,(H,11,12)/t7-/m0/s1. The highest BCUT2D eigenvalue weighted by molar-refractivity contribution is 5.75. The fourth-order valence-electron chi connectivity index (χ4n) is 0.966. The topological polar surface area (TPSA) is 76.2 Å².